The number of hydrogen-bond acceptors (Lipinski definition) is 4. The van der Waals surface area contributed by atoms with E-state index in [1.165, 1.54) is 13.2 Å². The molecular weight excluding hydrogens is 268 g/mol. The van der Waals surface area contributed by atoms with Gasteiger partial charge in [-0.2, -0.15) is 0 Å². The second kappa shape index (κ2) is 6.04. The molecule has 0 aliphatic heterocycles. The van der Waals surface area contributed by atoms with Crippen LogP contribution in [0, 0.1) is 17.3 Å². The van der Waals surface area contributed by atoms with Crippen LogP contribution in [0.5, 0.6) is 0 Å². The Balaban J connectivity index is 1.99. The fourth-order valence-electron chi connectivity index (χ4n) is 3.10. The van der Waals surface area contributed by atoms with E-state index in [1.54, 1.807) is 6.07 Å². The summed E-state index contributed by atoms with van der Waals surface area (Å²) in [5, 5.41) is 0. The van der Waals surface area contributed by atoms with Crippen LogP contribution in [0.3, 0.4) is 0 Å². The number of hydrogen-bond donors (Lipinski definition) is 0. The van der Waals surface area contributed by atoms with E-state index < -0.39 is 5.97 Å². The summed E-state index contributed by atoms with van der Waals surface area (Å²) in [5.41, 5.74) is 0.302. The average Bonchev–Trinajstić information content (AvgIpc) is 2.94. The number of rotatable bonds is 3. The molecule has 0 radical (unpaired) electrons. The first kappa shape index (κ1) is 15.8. The zero-order valence-electron chi connectivity index (χ0n) is 13.3. The molecular formula is C17H24O4. The molecule has 116 valence electrons. The molecule has 1 heterocycles. The van der Waals surface area contributed by atoms with Crippen LogP contribution in [0.25, 0.3) is 0 Å². The quantitative estimate of drug-likeness (QED) is 0.621. The zero-order chi connectivity index (χ0) is 15.6. The fraction of sp³-hybridized carbons (Fsp3) is 0.647. The van der Waals surface area contributed by atoms with Gasteiger partial charge in [0.25, 0.3) is 0 Å². The minimum absolute atomic E-state index is 0.0116. The third kappa shape index (κ3) is 3.55. The predicted molar refractivity (Wildman–Crippen MR) is 79.3 cm³/mol. The van der Waals surface area contributed by atoms with Crippen molar-refractivity contribution in [2.24, 2.45) is 17.3 Å². The Kier molecular flexibility index (Phi) is 4.55. The molecule has 1 aromatic rings. The van der Waals surface area contributed by atoms with Gasteiger partial charge in [0, 0.05) is 5.92 Å². The summed E-state index contributed by atoms with van der Waals surface area (Å²) in [4.78, 5) is 23.8. The molecule has 1 fully saturated rings. The van der Waals surface area contributed by atoms with Crippen LogP contribution in [0.2, 0.25) is 0 Å². The molecule has 2 rings (SSSR count). The summed E-state index contributed by atoms with van der Waals surface area (Å²) in [6.45, 7) is 6.78. The maximum atomic E-state index is 12.4. The van der Waals surface area contributed by atoms with E-state index in [2.05, 4.69) is 25.5 Å². The van der Waals surface area contributed by atoms with E-state index in [1.807, 2.05) is 0 Å². The molecule has 0 N–H and O–H groups in total. The molecule has 0 amide bonds. The third-order valence-electron chi connectivity index (χ3n) is 4.56. The molecule has 0 unspecified atom stereocenters. The summed E-state index contributed by atoms with van der Waals surface area (Å²) >= 11 is 0. The SMILES string of the molecule is COC(=O)c1ccc(C(=O)C2CCC(C(C)(C)C)CC2)o1. The molecule has 0 bridgehead atoms. The van der Waals surface area contributed by atoms with Gasteiger partial charge in [0.2, 0.25) is 11.5 Å². The van der Waals surface area contributed by atoms with Gasteiger partial charge in [0.15, 0.2) is 5.76 Å². The number of carbonyl (C=O) groups is 2. The lowest BCUT2D eigenvalue weighted by Gasteiger charge is -2.36. The highest BCUT2D eigenvalue weighted by atomic mass is 16.5. The van der Waals surface area contributed by atoms with Gasteiger partial charge in [-0.05, 0) is 49.1 Å². The Morgan fingerprint density at radius 1 is 1.10 bits per heavy atom. The van der Waals surface area contributed by atoms with Crippen molar-refractivity contribution >= 4 is 11.8 Å². The van der Waals surface area contributed by atoms with E-state index in [4.69, 9.17) is 4.42 Å². The molecule has 1 saturated carbocycles. The molecule has 4 nitrogen and oxygen atoms in total. The normalized spacial score (nSPS) is 22.9. The van der Waals surface area contributed by atoms with Gasteiger partial charge < -0.3 is 9.15 Å². The maximum absolute atomic E-state index is 12.4. The average molecular weight is 292 g/mol. The highest BCUT2D eigenvalue weighted by Crippen LogP contribution is 2.40. The van der Waals surface area contributed by atoms with Gasteiger partial charge in [0.1, 0.15) is 0 Å². The van der Waals surface area contributed by atoms with E-state index in [-0.39, 0.29) is 23.2 Å². The van der Waals surface area contributed by atoms with Crippen LogP contribution >= 0.6 is 0 Å². The minimum Gasteiger partial charge on any atom is -0.463 e. The number of furan rings is 1. The lowest BCUT2D eigenvalue weighted by Crippen LogP contribution is -2.28. The summed E-state index contributed by atoms with van der Waals surface area (Å²) in [5.74, 6) is 0.505. The van der Waals surface area contributed by atoms with Crippen LogP contribution in [0.1, 0.15) is 67.6 Å². The number of esters is 1. The molecule has 1 aromatic heterocycles. The number of ketones is 1. The maximum Gasteiger partial charge on any atom is 0.373 e. The Labute approximate surface area is 125 Å². The van der Waals surface area contributed by atoms with Crippen LogP contribution in [-0.4, -0.2) is 18.9 Å². The standard InChI is InChI=1S/C17H24O4/c1-17(2,3)12-7-5-11(6-8-12)15(18)13-9-10-14(21-13)16(19)20-4/h9-12H,5-8H2,1-4H3. The highest BCUT2D eigenvalue weighted by molar-refractivity contribution is 5.96. The first-order chi connectivity index (χ1) is 9.82. The summed E-state index contributed by atoms with van der Waals surface area (Å²) < 4.78 is 9.90. The summed E-state index contributed by atoms with van der Waals surface area (Å²) in [7, 11) is 1.29. The molecule has 4 heteroatoms. The van der Waals surface area contributed by atoms with Crippen LogP contribution in [-0.2, 0) is 4.74 Å². The predicted octanol–water partition coefficient (Wildman–Crippen LogP) is 4.10. The van der Waals surface area contributed by atoms with Crippen molar-refractivity contribution in [2.75, 3.05) is 7.11 Å². The molecule has 0 atom stereocenters. The second-order valence-electron chi connectivity index (χ2n) is 6.93. The molecule has 0 aromatic carbocycles. The van der Waals surface area contributed by atoms with E-state index in [0.29, 0.717) is 11.3 Å². The lowest BCUT2D eigenvalue weighted by molar-refractivity contribution is 0.0561. The van der Waals surface area contributed by atoms with Crippen molar-refractivity contribution in [3.8, 4) is 0 Å². The molecule has 1 aliphatic rings. The fourth-order valence-corrected chi connectivity index (χ4v) is 3.10. The minimum atomic E-state index is -0.550. The topological polar surface area (TPSA) is 56.5 Å². The van der Waals surface area contributed by atoms with Crippen molar-refractivity contribution in [2.45, 2.75) is 46.5 Å². The highest BCUT2D eigenvalue weighted by Gasteiger charge is 2.33. The first-order valence-corrected chi connectivity index (χ1v) is 7.55. The number of carbonyl (C=O) groups excluding carboxylic acids is 2. The summed E-state index contributed by atoms with van der Waals surface area (Å²) in [6.07, 6.45) is 3.94. The van der Waals surface area contributed by atoms with Gasteiger partial charge in [0.05, 0.1) is 7.11 Å². The van der Waals surface area contributed by atoms with Gasteiger partial charge in [-0.3, -0.25) is 4.79 Å². The van der Waals surface area contributed by atoms with Crippen molar-refractivity contribution in [3.05, 3.63) is 23.7 Å². The number of methoxy groups -OCH3 is 1. The second-order valence-corrected chi connectivity index (χ2v) is 6.93. The van der Waals surface area contributed by atoms with Gasteiger partial charge in [-0.1, -0.05) is 20.8 Å². The lowest BCUT2D eigenvalue weighted by atomic mass is 9.69. The Morgan fingerprint density at radius 2 is 1.67 bits per heavy atom. The van der Waals surface area contributed by atoms with Crippen LogP contribution < -0.4 is 0 Å². The van der Waals surface area contributed by atoms with Gasteiger partial charge >= 0.3 is 5.97 Å². The number of Topliss-reactive ketones (excluding diaryl/α,β-unsaturated/α-hetero) is 1. The van der Waals surface area contributed by atoms with E-state index >= 15 is 0 Å². The van der Waals surface area contributed by atoms with Crippen molar-refractivity contribution in [3.63, 3.8) is 0 Å². The van der Waals surface area contributed by atoms with Crippen molar-refractivity contribution < 1.29 is 18.7 Å². The van der Waals surface area contributed by atoms with Crippen LogP contribution in [0.15, 0.2) is 16.5 Å². The monoisotopic (exact) mass is 292 g/mol. The third-order valence-corrected chi connectivity index (χ3v) is 4.56. The first-order valence-electron chi connectivity index (χ1n) is 7.55. The van der Waals surface area contributed by atoms with E-state index in [9.17, 15) is 9.59 Å². The Morgan fingerprint density at radius 3 is 2.19 bits per heavy atom. The molecule has 1 aliphatic carbocycles. The number of ether oxygens (including phenoxy) is 1. The van der Waals surface area contributed by atoms with Crippen molar-refractivity contribution in [1.29, 1.82) is 0 Å². The van der Waals surface area contributed by atoms with Crippen molar-refractivity contribution in [1.82, 2.24) is 0 Å². The Hall–Kier alpha value is -1.58. The molecule has 21 heavy (non-hydrogen) atoms. The largest absolute Gasteiger partial charge is 0.463 e. The summed E-state index contributed by atoms with van der Waals surface area (Å²) in [6, 6.07) is 3.07. The molecule has 0 spiro atoms. The Bertz CT molecular complexity index is 513. The zero-order valence-corrected chi connectivity index (χ0v) is 13.3. The van der Waals surface area contributed by atoms with Gasteiger partial charge in [-0.15, -0.1) is 0 Å². The van der Waals surface area contributed by atoms with Crippen LogP contribution in [0.4, 0.5) is 0 Å². The van der Waals surface area contributed by atoms with E-state index in [0.717, 1.165) is 25.7 Å². The van der Waals surface area contributed by atoms with Gasteiger partial charge in [-0.25, -0.2) is 4.79 Å². The smallest absolute Gasteiger partial charge is 0.373 e. The molecule has 0 saturated heterocycles.